The molecule has 206 valence electrons. The Balaban J connectivity index is 1.14. The molecule has 0 atom stereocenters. The van der Waals surface area contributed by atoms with Crippen LogP contribution in [0.25, 0.3) is 12.2 Å². The zero-order valence-electron chi connectivity index (χ0n) is 22.6. The van der Waals surface area contributed by atoms with Gasteiger partial charge in [0.05, 0.1) is 0 Å². The molecular formula is C36H27NO5. The van der Waals surface area contributed by atoms with Gasteiger partial charge in [-0.15, -0.1) is 0 Å². The summed E-state index contributed by atoms with van der Waals surface area (Å²) >= 11 is 0. The van der Waals surface area contributed by atoms with Gasteiger partial charge in [-0.25, -0.2) is 4.79 Å². The Morgan fingerprint density at radius 1 is 0.500 bits per heavy atom. The van der Waals surface area contributed by atoms with Crippen molar-refractivity contribution in [1.29, 1.82) is 0 Å². The van der Waals surface area contributed by atoms with E-state index in [9.17, 15) is 9.59 Å². The number of nitrogens with one attached hydrogen (secondary N) is 1. The van der Waals surface area contributed by atoms with Gasteiger partial charge in [0.2, 0.25) is 5.91 Å². The van der Waals surface area contributed by atoms with E-state index in [1.54, 1.807) is 36.4 Å². The third kappa shape index (κ3) is 8.56. The Labute approximate surface area is 244 Å². The topological polar surface area (TPSA) is 73.9 Å². The summed E-state index contributed by atoms with van der Waals surface area (Å²) in [6.45, 7) is 0. The van der Waals surface area contributed by atoms with Crippen LogP contribution in [0.5, 0.6) is 28.7 Å². The van der Waals surface area contributed by atoms with E-state index in [-0.39, 0.29) is 5.91 Å². The highest BCUT2D eigenvalue weighted by molar-refractivity contribution is 6.02. The minimum Gasteiger partial charge on any atom is -0.457 e. The van der Waals surface area contributed by atoms with Crippen molar-refractivity contribution >= 4 is 29.7 Å². The number of hydrogen-bond acceptors (Lipinski definition) is 5. The van der Waals surface area contributed by atoms with Crippen LogP contribution in [0.1, 0.15) is 11.1 Å². The van der Waals surface area contributed by atoms with Gasteiger partial charge in [-0.05, 0) is 83.9 Å². The smallest absolute Gasteiger partial charge is 0.336 e. The van der Waals surface area contributed by atoms with Gasteiger partial charge in [0.15, 0.2) is 0 Å². The van der Waals surface area contributed by atoms with Crippen LogP contribution in [0.3, 0.4) is 0 Å². The highest BCUT2D eigenvalue weighted by atomic mass is 16.5. The van der Waals surface area contributed by atoms with Gasteiger partial charge in [0, 0.05) is 23.9 Å². The van der Waals surface area contributed by atoms with Crippen molar-refractivity contribution in [3.8, 4) is 28.7 Å². The van der Waals surface area contributed by atoms with E-state index in [1.807, 2.05) is 109 Å². The summed E-state index contributed by atoms with van der Waals surface area (Å²) in [5, 5.41) is 2.78. The van der Waals surface area contributed by atoms with Crippen LogP contribution in [0.4, 0.5) is 5.69 Å². The summed E-state index contributed by atoms with van der Waals surface area (Å²) in [6, 6.07) is 40.4. The Morgan fingerprint density at radius 3 is 1.60 bits per heavy atom. The first kappa shape index (κ1) is 27.7. The zero-order valence-corrected chi connectivity index (χ0v) is 22.6. The molecule has 0 fully saturated rings. The third-order valence-corrected chi connectivity index (χ3v) is 5.83. The van der Waals surface area contributed by atoms with Crippen molar-refractivity contribution < 1.29 is 23.8 Å². The molecule has 5 aromatic carbocycles. The number of rotatable bonds is 10. The maximum Gasteiger partial charge on any atom is 0.336 e. The molecule has 0 aliphatic rings. The van der Waals surface area contributed by atoms with Crippen molar-refractivity contribution in [3.63, 3.8) is 0 Å². The standard InChI is InChI=1S/C36H27NO5/c38-35(22-20-27-10-7-17-32(24-27)40-30-13-3-1-4-14-30)37-29-12-9-19-34(26-29)42-36(39)23-21-28-11-8-18-33(25-28)41-31-15-5-2-6-16-31/h1-26H,(H,37,38)/b22-20+,23-21+. The van der Waals surface area contributed by atoms with Crippen LogP contribution in [-0.2, 0) is 9.59 Å². The first-order valence-electron chi connectivity index (χ1n) is 13.2. The molecule has 1 N–H and O–H groups in total. The van der Waals surface area contributed by atoms with Crippen molar-refractivity contribution in [2.24, 2.45) is 0 Å². The highest BCUT2D eigenvalue weighted by Crippen LogP contribution is 2.24. The molecule has 5 rings (SSSR count). The second-order valence-corrected chi connectivity index (χ2v) is 9.08. The van der Waals surface area contributed by atoms with Crippen molar-refractivity contribution in [2.75, 3.05) is 5.32 Å². The molecule has 0 heterocycles. The number of carbonyl (C=O) groups excluding carboxylic acids is 2. The number of carbonyl (C=O) groups is 2. The quantitative estimate of drug-likeness (QED) is 0.107. The second-order valence-electron chi connectivity index (χ2n) is 9.08. The van der Waals surface area contributed by atoms with Gasteiger partial charge in [0.25, 0.3) is 0 Å². The Hall–Kier alpha value is -5.88. The van der Waals surface area contributed by atoms with Gasteiger partial charge in [-0.2, -0.15) is 0 Å². The molecule has 6 nitrogen and oxygen atoms in total. The summed E-state index contributed by atoms with van der Waals surface area (Å²) in [6.07, 6.45) is 6.11. The van der Waals surface area contributed by atoms with Crippen LogP contribution in [0.15, 0.2) is 146 Å². The third-order valence-electron chi connectivity index (χ3n) is 5.83. The van der Waals surface area contributed by atoms with Crippen molar-refractivity contribution in [2.45, 2.75) is 0 Å². The van der Waals surface area contributed by atoms with E-state index in [0.717, 1.165) is 22.6 Å². The number of para-hydroxylation sites is 2. The number of anilines is 1. The fraction of sp³-hybridized carbons (Fsp3) is 0. The molecule has 0 aliphatic heterocycles. The molecule has 0 spiro atoms. The normalized spacial score (nSPS) is 10.9. The van der Waals surface area contributed by atoms with Gasteiger partial charge in [-0.1, -0.05) is 66.7 Å². The number of ether oxygens (including phenoxy) is 3. The number of amides is 1. The second kappa shape index (κ2) is 14.0. The van der Waals surface area contributed by atoms with Gasteiger partial charge in [-0.3, -0.25) is 4.79 Å². The highest BCUT2D eigenvalue weighted by Gasteiger charge is 2.05. The summed E-state index contributed by atoms with van der Waals surface area (Å²) in [5.41, 5.74) is 2.08. The lowest BCUT2D eigenvalue weighted by Gasteiger charge is -2.07. The zero-order chi connectivity index (χ0) is 29.0. The minimum atomic E-state index is -0.551. The molecule has 5 aromatic rings. The molecule has 0 saturated heterocycles. The Morgan fingerprint density at radius 2 is 1.00 bits per heavy atom. The van der Waals surface area contributed by atoms with E-state index in [0.29, 0.717) is 22.9 Å². The lowest BCUT2D eigenvalue weighted by Crippen LogP contribution is -2.08. The van der Waals surface area contributed by atoms with E-state index in [1.165, 1.54) is 12.2 Å². The summed E-state index contributed by atoms with van der Waals surface area (Å²) in [5.74, 6) is 2.20. The molecular weight excluding hydrogens is 526 g/mol. The van der Waals surface area contributed by atoms with Gasteiger partial charge >= 0.3 is 5.97 Å². The summed E-state index contributed by atoms with van der Waals surface area (Å²) in [4.78, 5) is 25.0. The maximum atomic E-state index is 12.5. The van der Waals surface area contributed by atoms with Crippen LogP contribution in [0.2, 0.25) is 0 Å². The van der Waals surface area contributed by atoms with E-state index < -0.39 is 5.97 Å². The SMILES string of the molecule is O=C(/C=C/c1cccc(Oc2ccccc2)c1)Nc1cccc(OC(=O)/C=C/c2cccc(Oc3ccccc3)c2)c1. The average molecular weight is 554 g/mol. The van der Waals surface area contributed by atoms with Crippen LogP contribution in [0, 0.1) is 0 Å². The molecule has 0 saturated carbocycles. The molecule has 6 heteroatoms. The Kier molecular flexibility index (Phi) is 9.20. The minimum absolute atomic E-state index is 0.304. The van der Waals surface area contributed by atoms with Crippen LogP contribution < -0.4 is 19.5 Å². The monoisotopic (exact) mass is 553 g/mol. The molecule has 0 unspecified atom stereocenters. The van der Waals surface area contributed by atoms with Crippen LogP contribution in [-0.4, -0.2) is 11.9 Å². The first-order valence-corrected chi connectivity index (χ1v) is 13.2. The largest absolute Gasteiger partial charge is 0.457 e. The fourth-order valence-corrected chi connectivity index (χ4v) is 3.92. The predicted octanol–water partition coefficient (Wildman–Crippen LogP) is 8.54. The summed E-state index contributed by atoms with van der Waals surface area (Å²) < 4.78 is 17.1. The first-order chi connectivity index (χ1) is 20.6. The van der Waals surface area contributed by atoms with Crippen molar-refractivity contribution in [3.05, 3.63) is 157 Å². The molecule has 0 radical (unpaired) electrons. The average Bonchev–Trinajstić information content (AvgIpc) is 3.01. The molecule has 0 aliphatic carbocycles. The lowest BCUT2D eigenvalue weighted by atomic mass is 10.2. The fourth-order valence-electron chi connectivity index (χ4n) is 3.92. The van der Waals surface area contributed by atoms with E-state index in [4.69, 9.17) is 14.2 Å². The van der Waals surface area contributed by atoms with Gasteiger partial charge in [0.1, 0.15) is 28.7 Å². The van der Waals surface area contributed by atoms with Gasteiger partial charge < -0.3 is 19.5 Å². The molecule has 1 amide bonds. The molecule has 42 heavy (non-hydrogen) atoms. The number of hydrogen-bond donors (Lipinski definition) is 1. The Bertz CT molecular complexity index is 1590. The van der Waals surface area contributed by atoms with E-state index >= 15 is 0 Å². The number of benzene rings is 5. The molecule has 0 bridgehead atoms. The lowest BCUT2D eigenvalue weighted by molar-refractivity contribution is -0.128. The summed E-state index contributed by atoms with van der Waals surface area (Å²) in [7, 11) is 0. The van der Waals surface area contributed by atoms with Crippen molar-refractivity contribution in [1.82, 2.24) is 0 Å². The molecule has 0 aromatic heterocycles. The predicted molar refractivity (Wildman–Crippen MR) is 165 cm³/mol. The maximum absolute atomic E-state index is 12.5. The van der Waals surface area contributed by atoms with Crippen LogP contribution >= 0.6 is 0 Å². The number of esters is 1. The van der Waals surface area contributed by atoms with E-state index in [2.05, 4.69) is 5.32 Å².